The smallest absolute Gasteiger partial charge is 0.0920 e. The highest BCUT2D eigenvalue weighted by atomic mass is 35.5. The van der Waals surface area contributed by atoms with E-state index in [4.69, 9.17) is 28.9 Å². The van der Waals surface area contributed by atoms with Gasteiger partial charge in [-0.2, -0.15) is 5.10 Å². The van der Waals surface area contributed by atoms with Crippen LogP contribution in [-0.4, -0.2) is 15.8 Å². The average Bonchev–Trinajstić information content (AvgIpc) is 2.60. The van der Waals surface area contributed by atoms with Gasteiger partial charge >= 0.3 is 0 Å². The second-order valence-electron chi connectivity index (χ2n) is 4.78. The first-order valence-electron chi connectivity index (χ1n) is 6.14. The van der Waals surface area contributed by atoms with Crippen molar-refractivity contribution in [1.29, 1.82) is 0 Å². The standard InChI is InChI=1S/C14H17Cl2N3/c1-8(17)14(11-4-6-12(15)7-5-11)19-10(3)13(16)9(2)18-19/h4-8,14H,17H2,1-3H3. The van der Waals surface area contributed by atoms with Crippen LogP contribution < -0.4 is 5.73 Å². The molecule has 0 saturated heterocycles. The highest BCUT2D eigenvalue weighted by Gasteiger charge is 2.23. The number of nitrogens with zero attached hydrogens (tertiary/aromatic N) is 2. The van der Waals surface area contributed by atoms with Gasteiger partial charge in [0.05, 0.1) is 22.5 Å². The zero-order chi connectivity index (χ0) is 14.2. The van der Waals surface area contributed by atoms with Gasteiger partial charge in [0.15, 0.2) is 0 Å². The van der Waals surface area contributed by atoms with Gasteiger partial charge in [0.1, 0.15) is 0 Å². The number of halogens is 2. The predicted octanol–water partition coefficient (Wildman–Crippen LogP) is 3.74. The Bertz CT molecular complexity index is 573. The van der Waals surface area contributed by atoms with Gasteiger partial charge in [-0.15, -0.1) is 0 Å². The summed E-state index contributed by atoms with van der Waals surface area (Å²) in [5.41, 5.74) is 8.95. The van der Waals surface area contributed by atoms with Crippen LogP contribution in [-0.2, 0) is 0 Å². The summed E-state index contributed by atoms with van der Waals surface area (Å²) in [6.45, 7) is 5.81. The Hall–Kier alpha value is -1.03. The summed E-state index contributed by atoms with van der Waals surface area (Å²) in [6.07, 6.45) is 0. The molecular formula is C14H17Cl2N3. The quantitative estimate of drug-likeness (QED) is 0.938. The molecule has 19 heavy (non-hydrogen) atoms. The number of hydrogen-bond acceptors (Lipinski definition) is 2. The van der Waals surface area contributed by atoms with E-state index >= 15 is 0 Å². The molecule has 0 bridgehead atoms. The Labute approximate surface area is 123 Å². The molecule has 5 heteroatoms. The van der Waals surface area contributed by atoms with Crippen molar-refractivity contribution in [3.05, 3.63) is 51.3 Å². The molecule has 0 aliphatic heterocycles. The first kappa shape index (κ1) is 14.4. The van der Waals surface area contributed by atoms with Gasteiger partial charge in [0.25, 0.3) is 0 Å². The summed E-state index contributed by atoms with van der Waals surface area (Å²) in [7, 11) is 0. The van der Waals surface area contributed by atoms with E-state index in [-0.39, 0.29) is 12.1 Å². The van der Waals surface area contributed by atoms with Crippen molar-refractivity contribution in [3.8, 4) is 0 Å². The first-order chi connectivity index (χ1) is 8.91. The molecule has 2 atom stereocenters. The molecule has 2 rings (SSSR count). The first-order valence-corrected chi connectivity index (χ1v) is 6.89. The molecule has 2 aromatic rings. The fourth-order valence-corrected chi connectivity index (χ4v) is 2.49. The maximum absolute atomic E-state index is 6.21. The minimum absolute atomic E-state index is 0.0523. The Morgan fingerprint density at radius 3 is 2.16 bits per heavy atom. The van der Waals surface area contributed by atoms with E-state index in [0.29, 0.717) is 10.0 Å². The summed E-state index contributed by atoms with van der Waals surface area (Å²) in [6, 6.07) is 7.53. The molecule has 1 aromatic carbocycles. The summed E-state index contributed by atoms with van der Waals surface area (Å²) < 4.78 is 1.89. The lowest BCUT2D eigenvalue weighted by molar-refractivity contribution is 0.443. The predicted molar refractivity (Wildman–Crippen MR) is 80.0 cm³/mol. The van der Waals surface area contributed by atoms with Crippen LogP contribution in [0.3, 0.4) is 0 Å². The highest BCUT2D eigenvalue weighted by molar-refractivity contribution is 6.31. The Morgan fingerprint density at radius 1 is 1.16 bits per heavy atom. The van der Waals surface area contributed by atoms with Crippen molar-refractivity contribution in [3.63, 3.8) is 0 Å². The van der Waals surface area contributed by atoms with E-state index < -0.39 is 0 Å². The van der Waals surface area contributed by atoms with Gasteiger partial charge in [-0.1, -0.05) is 35.3 Å². The van der Waals surface area contributed by atoms with Crippen LogP contribution in [0.2, 0.25) is 10.0 Å². The lowest BCUT2D eigenvalue weighted by Gasteiger charge is -2.23. The molecule has 0 spiro atoms. The summed E-state index contributed by atoms with van der Waals surface area (Å²) >= 11 is 12.1. The molecule has 102 valence electrons. The van der Waals surface area contributed by atoms with Crippen molar-refractivity contribution in [2.45, 2.75) is 32.9 Å². The molecule has 1 aromatic heterocycles. The van der Waals surface area contributed by atoms with E-state index in [9.17, 15) is 0 Å². The second-order valence-corrected chi connectivity index (χ2v) is 5.60. The monoisotopic (exact) mass is 297 g/mol. The SMILES string of the molecule is Cc1nn(C(c2ccc(Cl)cc2)C(C)N)c(C)c1Cl. The number of hydrogen-bond donors (Lipinski definition) is 1. The van der Waals surface area contributed by atoms with Crippen LogP contribution in [0.1, 0.15) is 29.9 Å². The molecule has 1 heterocycles. The highest BCUT2D eigenvalue weighted by Crippen LogP contribution is 2.28. The molecule has 0 radical (unpaired) electrons. The maximum Gasteiger partial charge on any atom is 0.0920 e. The largest absolute Gasteiger partial charge is 0.326 e. The number of benzene rings is 1. The lowest BCUT2D eigenvalue weighted by atomic mass is 10.0. The summed E-state index contributed by atoms with van der Waals surface area (Å²) in [5.74, 6) is 0. The molecule has 0 saturated carbocycles. The zero-order valence-electron chi connectivity index (χ0n) is 11.2. The fraction of sp³-hybridized carbons (Fsp3) is 0.357. The van der Waals surface area contributed by atoms with Crippen LogP contribution in [0.25, 0.3) is 0 Å². The average molecular weight is 298 g/mol. The van der Waals surface area contributed by atoms with Crippen LogP contribution in [0.5, 0.6) is 0 Å². The molecular weight excluding hydrogens is 281 g/mol. The van der Waals surface area contributed by atoms with E-state index in [0.717, 1.165) is 17.0 Å². The van der Waals surface area contributed by atoms with Crippen LogP contribution in [0, 0.1) is 13.8 Å². The van der Waals surface area contributed by atoms with Crippen molar-refractivity contribution >= 4 is 23.2 Å². The van der Waals surface area contributed by atoms with E-state index in [1.807, 2.05) is 49.7 Å². The molecule has 2 N–H and O–H groups in total. The van der Waals surface area contributed by atoms with Crippen molar-refractivity contribution < 1.29 is 0 Å². The zero-order valence-corrected chi connectivity index (χ0v) is 12.7. The van der Waals surface area contributed by atoms with Crippen molar-refractivity contribution in [2.75, 3.05) is 0 Å². The Balaban J connectivity index is 2.51. The van der Waals surface area contributed by atoms with E-state index in [1.165, 1.54) is 0 Å². The van der Waals surface area contributed by atoms with Gasteiger partial charge in [0, 0.05) is 11.1 Å². The lowest BCUT2D eigenvalue weighted by Crippen LogP contribution is -2.31. The molecule has 3 nitrogen and oxygen atoms in total. The van der Waals surface area contributed by atoms with Crippen LogP contribution in [0.4, 0.5) is 0 Å². The van der Waals surface area contributed by atoms with Gasteiger partial charge in [0.2, 0.25) is 0 Å². The third-order valence-electron chi connectivity index (χ3n) is 3.21. The molecule has 0 aliphatic carbocycles. The second kappa shape index (κ2) is 5.53. The van der Waals surface area contributed by atoms with Gasteiger partial charge in [-0.25, -0.2) is 0 Å². The molecule has 2 unspecified atom stereocenters. The summed E-state index contributed by atoms with van der Waals surface area (Å²) in [5, 5.41) is 5.90. The normalized spacial score (nSPS) is 14.4. The Kier molecular flexibility index (Phi) is 4.19. The number of aryl methyl sites for hydroxylation is 1. The van der Waals surface area contributed by atoms with E-state index in [2.05, 4.69) is 5.10 Å². The number of aromatic nitrogens is 2. The molecule has 0 aliphatic rings. The molecule has 0 amide bonds. The Morgan fingerprint density at radius 2 is 1.74 bits per heavy atom. The van der Waals surface area contributed by atoms with Gasteiger partial charge in [-0.05, 0) is 38.5 Å². The van der Waals surface area contributed by atoms with Crippen molar-refractivity contribution in [2.24, 2.45) is 5.73 Å². The van der Waals surface area contributed by atoms with E-state index in [1.54, 1.807) is 0 Å². The number of rotatable bonds is 3. The fourth-order valence-electron chi connectivity index (χ4n) is 2.24. The number of nitrogens with two attached hydrogens (primary N) is 1. The minimum atomic E-state index is -0.0877. The van der Waals surface area contributed by atoms with Crippen LogP contribution >= 0.6 is 23.2 Å². The summed E-state index contributed by atoms with van der Waals surface area (Å²) in [4.78, 5) is 0. The minimum Gasteiger partial charge on any atom is -0.326 e. The van der Waals surface area contributed by atoms with Gasteiger partial charge in [-0.3, -0.25) is 4.68 Å². The van der Waals surface area contributed by atoms with Crippen molar-refractivity contribution in [1.82, 2.24) is 9.78 Å². The molecule has 0 fully saturated rings. The third kappa shape index (κ3) is 2.78. The van der Waals surface area contributed by atoms with Crippen LogP contribution in [0.15, 0.2) is 24.3 Å². The maximum atomic E-state index is 6.21. The van der Waals surface area contributed by atoms with Gasteiger partial charge < -0.3 is 5.73 Å². The third-order valence-corrected chi connectivity index (χ3v) is 4.01. The topological polar surface area (TPSA) is 43.8 Å².